The Balaban J connectivity index is -0.000000118. The maximum Gasteiger partial charge on any atom is 0.0428 e. The Labute approximate surface area is 79.2 Å². The third-order valence-electron chi connectivity index (χ3n) is 1.09. The van der Waals surface area contributed by atoms with E-state index in [1.54, 1.807) is 0 Å². The molecule has 1 N–H and O–H groups in total. The second kappa shape index (κ2) is 22.4. The molecule has 0 saturated heterocycles. The smallest absolute Gasteiger partial charge is 0.0428 e. The third kappa shape index (κ3) is 51.0. The Bertz CT molecular complexity index is 40.3. The predicted molar refractivity (Wildman–Crippen MR) is 58.5 cm³/mol. The molecule has 78 valence electrons. The van der Waals surface area contributed by atoms with E-state index in [9.17, 15) is 0 Å². The van der Waals surface area contributed by atoms with Crippen LogP contribution >= 0.6 is 0 Å². The zero-order valence-corrected chi connectivity index (χ0v) is 9.85. The van der Waals surface area contributed by atoms with Crippen LogP contribution in [0.5, 0.6) is 0 Å². The summed E-state index contributed by atoms with van der Waals surface area (Å²) in [5.74, 6) is 0.898. The molecule has 0 fully saturated rings. The SMILES string of the molecule is CC.CCCC(C)C.CCCO. The van der Waals surface area contributed by atoms with Gasteiger partial charge in [0.15, 0.2) is 0 Å². The first kappa shape index (κ1) is 17.9. The molecular formula is C11H28O. The largest absolute Gasteiger partial charge is 0.396 e. The van der Waals surface area contributed by atoms with Crippen molar-refractivity contribution in [3.8, 4) is 0 Å². The van der Waals surface area contributed by atoms with Gasteiger partial charge in [0, 0.05) is 6.61 Å². The second-order valence-electron chi connectivity index (χ2n) is 2.91. The van der Waals surface area contributed by atoms with Gasteiger partial charge < -0.3 is 5.11 Å². The Morgan fingerprint density at radius 2 is 1.33 bits per heavy atom. The minimum Gasteiger partial charge on any atom is -0.396 e. The lowest BCUT2D eigenvalue weighted by molar-refractivity contribution is 0.295. The number of rotatable bonds is 3. The molecule has 0 spiro atoms. The minimum absolute atomic E-state index is 0.319. The molecular weight excluding hydrogens is 148 g/mol. The van der Waals surface area contributed by atoms with Gasteiger partial charge in [-0.25, -0.2) is 0 Å². The van der Waals surface area contributed by atoms with Gasteiger partial charge in [-0.2, -0.15) is 0 Å². The molecule has 0 heterocycles. The fourth-order valence-corrected chi connectivity index (χ4v) is 0.577. The molecule has 0 amide bonds. The zero-order valence-electron chi connectivity index (χ0n) is 9.85. The molecule has 0 aliphatic rings. The van der Waals surface area contributed by atoms with Crippen LogP contribution in [0.3, 0.4) is 0 Å². The van der Waals surface area contributed by atoms with E-state index in [1.165, 1.54) is 12.8 Å². The molecule has 0 saturated carbocycles. The molecule has 0 unspecified atom stereocenters. The summed E-state index contributed by atoms with van der Waals surface area (Å²) >= 11 is 0. The summed E-state index contributed by atoms with van der Waals surface area (Å²) in [6.45, 7) is 13.0. The maximum atomic E-state index is 7.88. The highest BCUT2D eigenvalue weighted by Crippen LogP contribution is 2.00. The fraction of sp³-hybridized carbons (Fsp3) is 1.00. The standard InChI is InChI=1S/C6H14.C3H8O.C2H6/c1-4-5-6(2)3;1-2-3-4;1-2/h6H,4-5H2,1-3H3;4H,2-3H2,1H3;1-2H3. The molecule has 0 aliphatic carbocycles. The van der Waals surface area contributed by atoms with Crippen LogP contribution in [0.25, 0.3) is 0 Å². The van der Waals surface area contributed by atoms with Crippen LogP contribution in [0.4, 0.5) is 0 Å². The number of hydrogen-bond donors (Lipinski definition) is 1. The zero-order chi connectivity index (χ0) is 10.4. The lowest BCUT2D eigenvalue weighted by Crippen LogP contribution is -1.81. The van der Waals surface area contributed by atoms with Crippen LogP contribution in [0.2, 0.25) is 0 Å². The van der Waals surface area contributed by atoms with E-state index in [2.05, 4.69) is 20.8 Å². The van der Waals surface area contributed by atoms with Crippen LogP contribution in [0.15, 0.2) is 0 Å². The van der Waals surface area contributed by atoms with Gasteiger partial charge in [-0.3, -0.25) is 0 Å². The summed E-state index contributed by atoms with van der Waals surface area (Å²) in [5.41, 5.74) is 0. The monoisotopic (exact) mass is 176 g/mol. The molecule has 0 rings (SSSR count). The lowest BCUT2D eigenvalue weighted by atomic mass is 10.1. The Morgan fingerprint density at radius 3 is 1.33 bits per heavy atom. The van der Waals surface area contributed by atoms with Gasteiger partial charge >= 0.3 is 0 Å². The predicted octanol–water partition coefficient (Wildman–Crippen LogP) is 3.86. The molecule has 0 radical (unpaired) electrons. The van der Waals surface area contributed by atoms with Crippen molar-refractivity contribution >= 4 is 0 Å². The molecule has 0 aromatic heterocycles. The van der Waals surface area contributed by atoms with Crippen LogP contribution in [0, 0.1) is 5.92 Å². The van der Waals surface area contributed by atoms with Gasteiger partial charge in [0.25, 0.3) is 0 Å². The quantitative estimate of drug-likeness (QED) is 0.692. The summed E-state index contributed by atoms with van der Waals surface area (Å²) in [7, 11) is 0. The third-order valence-corrected chi connectivity index (χ3v) is 1.09. The van der Waals surface area contributed by atoms with Crippen LogP contribution < -0.4 is 0 Å². The van der Waals surface area contributed by atoms with Gasteiger partial charge in [-0.1, -0.05) is 54.4 Å². The van der Waals surface area contributed by atoms with E-state index in [-0.39, 0.29) is 0 Å². The van der Waals surface area contributed by atoms with Gasteiger partial charge in [0.1, 0.15) is 0 Å². The Hall–Kier alpha value is -0.0400. The van der Waals surface area contributed by atoms with Crippen molar-refractivity contribution in [1.29, 1.82) is 0 Å². The van der Waals surface area contributed by atoms with E-state index in [1.807, 2.05) is 20.8 Å². The summed E-state index contributed by atoms with van der Waals surface area (Å²) in [5, 5.41) is 7.88. The number of aliphatic hydroxyl groups is 1. The average Bonchev–Trinajstić information content (AvgIpc) is 2.08. The van der Waals surface area contributed by atoms with Gasteiger partial charge in [-0.05, 0) is 12.3 Å². The van der Waals surface area contributed by atoms with E-state index in [0.717, 1.165) is 12.3 Å². The van der Waals surface area contributed by atoms with Crippen molar-refractivity contribution in [2.45, 2.75) is 60.8 Å². The number of aliphatic hydroxyl groups excluding tert-OH is 1. The lowest BCUT2D eigenvalue weighted by Gasteiger charge is -1.95. The molecule has 1 heteroatoms. The molecule has 0 aliphatic heterocycles. The van der Waals surface area contributed by atoms with Crippen molar-refractivity contribution in [1.82, 2.24) is 0 Å². The highest BCUT2D eigenvalue weighted by molar-refractivity contribution is 4.38. The van der Waals surface area contributed by atoms with E-state index in [4.69, 9.17) is 5.11 Å². The first-order chi connectivity index (χ1) is 5.68. The van der Waals surface area contributed by atoms with Crippen LogP contribution in [-0.2, 0) is 0 Å². The first-order valence-electron chi connectivity index (χ1n) is 5.29. The summed E-state index contributed by atoms with van der Waals surface area (Å²) in [6, 6.07) is 0. The van der Waals surface area contributed by atoms with Crippen LogP contribution in [-0.4, -0.2) is 11.7 Å². The van der Waals surface area contributed by atoms with Gasteiger partial charge in [0.2, 0.25) is 0 Å². The van der Waals surface area contributed by atoms with Gasteiger partial charge in [-0.15, -0.1) is 0 Å². The molecule has 0 bridgehead atoms. The number of hydrogen-bond acceptors (Lipinski definition) is 1. The minimum atomic E-state index is 0.319. The van der Waals surface area contributed by atoms with E-state index < -0.39 is 0 Å². The highest BCUT2D eigenvalue weighted by Gasteiger charge is 1.85. The van der Waals surface area contributed by atoms with Crippen molar-refractivity contribution in [3.05, 3.63) is 0 Å². The van der Waals surface area contributed by atoms with Crippen molar-refractivity contribution < 1.29 is 5.11 Å². The van der Waals surface area contributed by atoms with E-state index in [0.29, 0.717) is 6.61 Å². The highest BCUT2D eigenvalue weighted by atomic mass is 16.2. The maximum absolute atomic E-state index is 7.88. The van der Waals surface area contributed by atoms with Crippen molar-refractivity contribution in [2.24, 2.45) is 5.92 Å². The molecule has 0 aromatic carbocycles. The molecule has 0 aromatic rings. The topological polar surface area (TPSA) is 20.2 Å². The summed E-state index contributed by atoms with van der Waals surface area (Å²) in [4.78, 5) is 0. The molecule has 1 nitrogen and oxygen atoms in total. The van der Waals surface area contributed by atoms with Gasteiger partial charge in [0.05, 0.1) is 0 Å². The second-order valence-corrected chi connectivity index (χ2v) is 2.91. The Morgan fingerprint density at radius 1 is 1.00 bits per heavy atom. The summed E-state index contributed by atoms with van der Waals surface area (Å²) < 4.78 is 0. The summed E-state index contributed by atoms with van der Waals surface area (Å²) in [6.07, 6.45) is 3.58. The van der Waals surface area contributed by atoms with Crippen LogP contribution in [0.1, 0.15) is 60.8 Å². The van der Waals surface area contributed by atoms with E-state index >= 15 is 0 Å². The average molecular weight is 176 g/mol. The Kier molecular flexibility index (Phi) is 33.5. The van der Waals surface area contributed by atoms with Crippen molar-refractivity contribution in [3.63, 3.8) is 0 Å². The van der Waals surface area contributed by atoms with Crippen molar-refractivity contribution in [2.75, 3.05) is 6.61 Å². The molecule has 0 atom stereocenters. The first-order valence-corrected chi connectivity index (χ1v) is 5.29. The normalized spacial score (nSPS) is 8.00. The fourth-order valence-electron chi connectivity index (χ4n) is 0.577. The molecule has 12 heavy (non-hydrogen) atoms.